The highest BCUT2D eigenvalue weighted by atomic mass is 19.1. The summed E-state index contributed by atoms with van der Waals surface area (Å²) in [5.41, 5.74) is 1.03. The minimum atomic E-state index is -0.626. The molecule has 0 saturated carbocycles. The lowest BCUT2D eigenvalue weighted by atomic mass is 10.0. The quantitative estimate of drug-likeness (QED) is 0.736. The van der Waals surface area contributed by atoms with Crippen LogP contribution in [0.15, 0.2) is 48.5 Å². The average molecular weight is 428 g/mol. The van der Waals surface area contributed by atoms with E-state index in [1.807, 2.05) is 25.7 Å². The van der Waals surface area contributed by atoms with Crippen molar-refractivity contribution in [1.29, 1.82) is 0 Å². The SMILES string of the molecule is CCOc1ccc(C(=O)NC(C(=O)N2CCN(c3ccccc3F)CC2)C(C)C)cc1. The van der Waals surface area contributed by atoms with Gasteiger partial charge in [-0.05, 0) is 49.2 Å². The Kier molecular flexibility index (Phi) is 7.50. The van der Waals surface area contributed by atoms with Gasteiger partial charge in [0.2, 0.25) is 5.91 Å². The van der Waals surface area contributed by atoms with Crippen molar-refractivity contribution >= 4 is 17.5 Å². The van der Waals surface area contributed by atoms with Gasteiger partial charge in [-0.1, -0.05) is 26.0 Å². The van der Waals surface area contributed by atoms with Crippen molar-refractivity contribution in [2.24, 2.45) is 5.92 Å². The lowest BCUT2D eigenvalue weighted by Gasteiger charge is -2.38. The Hall–Kier alpha value is -3.09. The molecule has 0 radical (unpaired) electrons. The van der Waals surface area contributed by atoms with E-state index in [-0.39, 0.29) is 23.5 Å². The molecule has 1 saturated heterocycles. The summed E-state index contributed by atoms with van der Waals surface area (Å²) in [6.45, 7) is 8.34. The summed E-state index contributed by atoms with van der Waals surface area (Å²) in [5.74, 6) is -0.0282. The second-order valence-electron chi connectivity index (χ2n) is 7.92. The van der Waals surface area contributed by atoms with E-state index in [2.05, 4.69) is 5.32 Å². The molecule has 7 heteroatoms. The molecule has 1 N–H and O–H groups in total. The number of carbonyl (C=O) groups excluding carboxylic acids is 2. The van der Waals surface area contributed by atoms with Gasteiger partial charge in [0.05, 0.1) is 12.3 Å². The molecule has 0 spiro atoms. The number of para-hydroxylation sites is 1. The van der Waals surface area contributed by atoms with Crippen LogP contribution >= 0.6 is 0 Å². The summed E-state index contributed by atoms with van der Waals surface area (Å²) in [7, 11) is 0. The number of hydrogen-bond donors (Lipinski definition) is 1. The van der Waals surface area contributed by atoms with Crippen LogP contribution in [-0.4, -0.2) is 55.5 Å². The lowest BCUT2D eigenvalue weighted by molar-refractivity contribution is -0.134. The van der Waals surface area contributed by atoms with E-state index in [0.717, 1.165) is 0 Å². The highest BCUT2D eigenvalue weighted by Gasteiger charge is 2.31. The fraction of sp³-hybridized carbons (Fsp3) is 0.417. The number of amides is 2. The molecule has 2 aromatic rings. The van der Waals surface area contributed by atoms with Crippen LogP contribution in [0.4, 0.5) is 10.1 Å². The van der Waals surface area contributed by atoms with Gasteiger partial charge in [-0.2, -0.15) is 0 Å². The minimum absolute atomic E-state index is 0.0660. The Bertz CT molecular complexity index is 893. The number of hydrogen-bond acceptors (Lipinski definition) is 4. The molecular formula is C24H30FN3O3. The molecule has 166 valence electrons. The number of carbonyl (C=O) groups is 2. The molecule has 1 aliphatic rings. The van der Waals surface area contributed by atoms with Crippen LogP contribution in [-0.2, 0) is 4.79 Å². The van der Waals surface area contributed by atoms with Crippen LogP contribution in [0.5, 0.6) is 5.75 Å². The maximum absolute atomic E-state index is 14.1. The molecule has 0 aliphatic carbocycles. The summed E-state index contributed by atoms with van der Waals surface area (Å²) >= 11 is 0. The molecule has 1 fully saturated rings. The highest BCUT2D eigenvalue weighted by molar-refractivity contribution is 5.97. The van der Waals surface area contributed by atoms with E-state index >= 15 is 0 Å². The zero-order valence-electron chi connectivity index (χ0n) is 18.3. The molecule has 0 bridgehead atoms. The summed E-state index contributed by atoms with van der Waals surface area (Å²) in [6.07, 6.45) is 0. The van der Waals surface area contributed by atoms with Crippen molar-refractivity contribution in [2.45, 2.75) is 26.8 Å². The molecule has 1 heterocycles. The first-order valence-corrected chi connectivity index (χ1v) is 10.7. The zero-order valence-corrected chi connectivity index (χ0v) is 18.3. The van der Waals surface area contributed by atoms with Crippen molar-refractivity contribution in [2.75, 3.05) is 37.7 Å². The van der Waals surface area contributed by atoms with Gasteiger partial charge in [0, 0.05) is 31.7 Å². The maximum atomic E-state index is 14.1. The predicted molar refractivity (Wildman–Crippen MR) is 119 cm³/mol. The molecule has 1 aliphatic heterocycles. The zero-order chi connectivity index (χ0) is 22.4. The van der Waals surface area contributed by atoms with Crippen molar-refractivity contribution in [3.05, 3.63) is 59.9 Å². The highest BCUT2D eigenvalue weighted by Crippen LogP contribution is 2.21. The molecular weight excluding hydrogens is 397 g/mol. The van der Waals surface area contributed by atoms with E-state index in [4.69, 9.17) is 4.74 Å². The number of nitrogens with one attached hydrogen (secondary N) is 1. The van der Waals surface area contributed by atoms with Crippen LogP contribution in [0.1, 0.15) is 31.1 Å². The third-order valence-electron chi connectivity index (χ3n) is 5.43. The third kappa shape index (κ3) is 5.54. The Morgan fingerprint density at radius 2 is 1.68 bits per heavy atom. The van der Waals surface area contributed by atoms with E-state index < -0.39 is 6.04 Å². The second-order valence-corrected chi connectivity index (χ2v) is 7.92. The molecule has 1 unspecified atom stereocenters. The number of anilines is 1. The first-order valence-electron chi connectivity index (χ1n) is 10.7. The van der Waals surface area contributed by atoms with Crippen molar-refractivity contribution < 1.29 is 18.7 Å². The molecule has 6 nitrogen and oxygen atoms in total. The van der Waals surface area contributed by atoms with Gasteiger partial charge in [-0.25, -0.2) is 4.39 Å². The number of rotatable bonds is 7. The van der Waals surface area contributed by atoms with Gasteiger partial charge in [0.15, 0.2) is 0 Å². The lowest BCUT2D eigenvalue weighted by Crippen LogP contribution is -2.56. The number of benzene rings is 2. The van der Waals surface area contributed by atoms with E-state index in [1.165, 1.54) is 6.07 Å². The molecule has 1 atom stereocenters. The Morgan fingerprint density at radius 3 is 2.26 bits per heavy atom. The van der Waals surface area contributed by atoms with Crippen LogP contribution < -0.4 is 15.0 Å². The number of piperazine rings is 1. The van der Waals surface area contributed by atoms with Gasteiger partial charge < -0.3 is 19.9 Å². The topological polar surface area (TPSA) is 61.9 Å². The molecule has 31 heavy (non-hydrogen) atoms. The Labute approximate surface area is 183 Å². The van der Waals surface area contributed by atoms with Crippen LogP contribution in [0.25, 0.3) is 0 Å². The van der Waals surface area contributed by atoms with Crippen LogP contribution in [0, 0.1) is 11.7 Å². The summed E-state index contributed by atoms with van der Waals surface area (Å²) in [6, 6.07) is 12.9. The van der Waals surface area contributed by atoms with Crippen LogP contribution in [0.2, 0.25) is 0 Å². The van der Waals surface area contributed by atoms with Crippen molar-refractivity contribution in [3.8, 4) is 5.75 Å². The summed E-state index contributed by atoms with van der Waals surface area (Å²) in [5, 5.41) is 2.89. The van der Waals surface area contributed by atoms with Gasteiger partial charge in [0.25, 0.3) is 5.91 Å². The predicted octanol–water partition coefficient (Wildman–Crippen LogP) is 3.33. The number of ether oxygens (including phenoxy) is 1. The standard InChI is InChI=1S/C24H30FN3O3/c1-4-31-19-11-9-18(10-12-19)23(29)26-22(17(2)3)24(30)28-15-13-27(14-16-28)21-8-6-5-7-20(21)25/h5-12,17,22H,4,13-16H2,1-3H3,(H,26,29). The first kappa shape index (κ1) is 22.6. The fourth-order valence-electron chi connectivity index (χ4n) is 3.68. The second kappa shape index (κ2) is 10.3. The van der Waals surface area contributed by atoms with E-state index in [0.29, 0.717) is 49.8 Å². The smallest absolute Gasteiger partial charge is 0.251 e. The minimum Gasteiger partial charge on any atom is -0.494 e. The van der Waals surface area contributed by atoms with Gasteiger partial charge >= 0.3 is 0 Å². The van der Waals surface area contributed by atoms with E-state index in [9.17, 15) is 14.0 Å². The maximum Gasteiger partial charge on any atom is 0.251 e. The average Bonchev–Trinajstić information content (AvgIpc) is 2.78. The molecule has 0 aromatic heterocycles. The number of halogens is 1. The Balaban J connectivity index is 1.61. The van der Waals surface area contributed by atoms with Gasteiger partial charge in [0.1, 0.15) is 17.6 Å². The molecule has 3 rings (SSSR count). The monoisotopic (exact) mass is 427 g/mol. The Morgan fingerprint density at radius 1 is 1.03 bits per heavy atom. The van der Waals surface area contributed by atoms with Gasteiger partial charge in [-0.15, -0.1) is 0 Å². The fourth-order valence-corrected chi connectivity index (χ4v) is 3.68. The normalized spacial score (nSPS) is 15.0. The molecule has 2 aromatic carbocycles. The third-order valence-corrected chi connectivity index (χ3v) is 5.43. The molecule has 2 amide bonds. The summed E-state index contributed by atoms with van der Waals surface area (Å²) < 4.78 is 19.5. The first-order chi connectivity index (χ1) is 14.9. The largest absolute Gasteiger partial charge is 0.494 e. The van der Waals surface area contributed by atoms with Crippen LogP contribution in [0.3, 0.4) is 0 Å². The number of nitrogens with zero attached hydrogens (tertiary/aromatic N) is 2. The summed E-state index contributed by atoms with van der Waals surface area (Å²) in [4.78, 5) is 29.6. The van der Waals surface area contributed by atoms with Gasteiger partial charge in [-0.3, -0.25) is 9.59 Å². The van der Waals surface area contributed by atoms with Crippen molar-refractivity contribution in [3.63, 3.8) is 0 Å². The van der Waals surface area contributed by atoms with Crippen molar-refractivity contribution in [1.82, 2.24) is 10.2 Å². The van der Waals surface area contributed by atoms with E-state index in [1.54, 1.807) is 47.4 Å².